The predicted molar refractivity (Wildman–Crippen MR) is 82.6 cm³/mol. The Morgan fingerprint density at radius 1 is 1.23 bits per heavy atom. The van der Waals surface area contributed by atoms with Crippen LogP contribution in [-0.4, -0.2) is 30.7 Å². The molecule has 0 bridgehead atoms. The highest BCUT2D eigenvalue weighted by atomic mass is 16.6. The number of nitrogens with zero attached hydrogens (tertiary/aromatic N) is 2. The zero-order valence-electron chi connectivity index (χ0n) is 12.4. The minimum absolute atomic E-state index is 0.0568. The summed E-state index contributed by atoms with van der Waals surface area (Å²) >= 11 is 0. The Morgan fingerprint density at radius 3 is 2.55 bits per heavy atom. The van der Waals surface area contributed by atoms with E-state index in [9.17, 15) is 10.1 Å². The first-order chi connectivity index (χ1) is 10.7. The Kier molecular flexibility index (Phi) is 5.13. The molecule has 2 aromatic rings. The van der Waals surface area contributed by atoms with Gasteiger partial charge in [-0.15, -0.1) is 0 Å². The third-order valence-corrected chi connectivity index (χ3v) is 3.12. The van der Waals surface area contributed by atoms with Crippen LogP contribution in [0.3, 0.4) is 0 Å². The normalized spacial score (nSPS) is 10.1. The highest BCUT2D eigenvalue weighted by Gasteiger charge is 2.19. The Hall–Kier alpha value is -2.83. The standard InChI is InChI=1S/C15H17N3O4/c1-21-14-9-12(13(18(19)20)10-15(14)22-2)17-8-6-11-5-3-4-7-16-11/h3-5,7,9-10,17H,6,8H2,1-2H3. The third-order valence-electron chi connectivity index (χ3n) is 3.12. The van der Waals surface area contributed by atoms with E-state index in [4.69, 9.17) is 9.47 Å². The number of hydrogen-bond acceptors (Lipinski definition) is 6. The first-order valence-electron chi connectivity index (χ1n) is 6.70. The smallest absolute Gasteiger partial charge is 0.296 e. The molecule has 0 radical (unpaired) electrons. The average molecular weight is 303 g/mol. The summed E-state index contributed by atoms with van der Waals surface area (Å²) in [5, 5.41) is 14.2. The van der Waals surface area contributed by atoms with Gasteiger partial charge in [0.1, 0.15) is 5.69 Å². The van der Waals surface area contributed by atoms with Gasteiger partial charge in [0.2, 0.25) is 0 Å². The monoisotopic (exact) mass is 303 g/mol. The third kappa shape index (κ3) is 3.63. The molecule has 0 aliphatic rings. The number of anilines is 1. The van der Waals surface area contributed by atoms with Crippen LogP contribution in [0.5, 0.6) is 11.5 Å². The van der Waals surface area contributed by atoms with Gasteiger partial charge in [-0.3, -0.25) is 15.1 Å². The maximum Gasteiger partial charge on any atom is 0.296 e. The Bertz CT molecular complexity index is 647. The molecule has 1 aromatic carbocycles. The fraction of sp³-hybridized carbons (Fsp3) is 0.267. The highest BCUT2D eigenvalue weighted by Crippen LogP contribution is 2.37. The maximum atomic E-state index is 11.2. The van der Waals surface area contributed by atoms with E-state index in [1.165, 1.54) is 20.3 Å². The molecule has 0 saturated carbocycles. The number of nitro groups is 1. The van der Waals surface area contributed by atoms with E-state index in [0.717, 1.165) is 5.69 Å². The van der Waals surface area contributed by atoms with E-state index < -0.39 is 4.92 Å². The number of nitro benzene ring substituents is 1. The van der Waals surface area contributed by atoms with Crippen molar-refractivity contribution in [2.24, 2.45) is 0 Å². The summed E-state index contributed by atoms with van der Waals surface area (Å²) in [6.45, 7) is 0.521. The van der Waals surface area contributed by atoms with Gasteiger partial charge in [-0.05, 0) is 12.1 Å². The lowest BCUT2D eigenvalue weighted by molar-refractivity contribution is -0.384. The molecule has 116 valence electrons. The molecule has 0 aliphatic heterocycles. The van der Waals surface area contributed by atoms with Gasteiger partial charge in [0, 0.05) is 30.9 Å². The molecule has 0 fully saturated rings. The molecule has 1 heterocycles. The first kappa shape index (κ1) is 15.6. The summed E-state index contributed by atoms with van der Waals surface area (Å²) in [5.41, 5.74) is 1.25. The Balaban J connectivity index is 2.16. The van der Waals surface area contributed by atoms with Crippen LogP contribution in [0.15, 0.2) is 36.5 Å². The summed E-state index contributed by atoms with van der Waals surface area (Å²) in [5.74, 6) is 0.762. The molecule has 0 atom stereocenters. The molecule has 22 heavy (non-hydrogen) atoms. The molecular weight excluding hydrogens is 286 g/mol. The van der Waals surface area contributed by atoms with Gasteiger partial charge in [-0.25, -0.2) is 0 Å². The zero-order chi connectivity index (χ0) is 15.9. The van der Waals surface area contributed by atoms with E-state index in [0.29, 0.717) is 30.2 Å². The average Bonchev–Trinajstić information content (AvgIpc) is 2.55. The lowest BCUT2D eigenvalue weighted by Gasteiger charge is -2.12. The van der Waals surface area contributed by atoms with Crippen LogP contribution in [0.2, 0.25) is 0 Å². The van der Waals surface area contributed by atoms with Crippen LogP contribution in [0.25, 0.3) is 0 Å². The zero-order valence-corrected chi connectivity index (χ0v) is 12.4. The molecule has 1 aromatic heterocycles. The van der Waals surface area contributed by atoms with Gasteiger partial charge in [0.15, 0.2) is 11.5 Å². The lowest BCUT2D eigenvalue weighted by atomic mass is 10.2. The lowest BCUT2D eigenvalue weighted by Crippen LogP contribution is -2.08. The number of hydrogen-bond donors (Lipinski definition) is 1. The summed E-state index contributed by atoms with van der Waals surface area (Å²) in [7, 11) is 2.93. The second-order valence-electron chi connectivity index (χ2n) is 4.48. The molecule has 1 N–H and O–H groups in total. The van der Waals surface area contributed by atoms with Crippen molar-refractivity contribution in [3.63, 3.8) is 0 Å². The summed E-state index contributed by atoms with van der Waals surface area (Å²) < 4.78 is 10.3. The quantitative estimate of drug-likeness (QED) is 0.625. The van der Waals surface area contributed by atoms with Crippen molar-refractivity contribution >= 4 is 11.4 Å². The van der Waals surface area contributed by atoms with Crippen LogP contribution < -0.4 is 14.8 Å². The van der Waals surface area contributed by atoms with Crippen LogP contribution >= 0.6 is 0 Å². The Morgan fingerprint density at radius 2 is 1.95 bits per heavy atom. The molecular formula is C15H17N3O4. The molecule has 0 saturated heterocycles. The van der Waals surface area contributed by atoms with Crippen molar-refractivity contribution in [1.82, 2.24) is 4.98 Å². The Labute approximate surface area is 128 Å². The molecule has 7 nitrogen and oxygen atoms in total. The first-order valence-corrected chi connectivity index (χ1v) is 6.70. The van der Waals surface area contributed by atoms with Crippen molar-refractivity contribution < 1.29 is 14.4 Å². The molecule has 2 rings (SSSR count). The van der Waals surface area contributed by atoms with Gasteiger partial charge in [0.25, 0.3) is 5.69 Å². The molecule has 0 amide bonds. The van der Waals surface area contributed by atoms with E-state index >= 15 is 0 Å². The topological polar surface area (TPSA) is 86.5 Å². The van der Waals surface area contributed by atoms with Gasteiger partial charge in [-0.1, -0.05) is 6.07 Å². The fourth-order valence-corrected chi connectivity index (χ4v) is 2.03. The number of methoxy groups -OCH3 is 2. The van der Waals surface area contributed by atoms with E-state index in [1.54, 1.807) is 12.3 Å². The van der Waals surface area contributed by atoms with Crippen molar-refractivity contribution in [3.05, 3.63) is 52.3 Å². The second kappa shape index (κ2) is 7.26. The minimum Gasteiger partial charge on any atom is -0.493 e. The SMILES string of the molecule is COc1cc(NCCc2ccccn2)c([N+](=O)[O-])cc1OC. The van der Waals surface area contributed by atoms with E-state index in [-0.39, 0.29) is 5.69 Å². The van der Waals surface area contributed by atoms with Gasteiger partial charge in [0.05, 0.1) is 25.2 Å². The van der Waals surface area contributed by atoms with Crippen molar-refractivity contribution in [3.8, 4) is 11.5 Å². The van der Waals surface area contributed by atoms with Crippen molar-refractivity contribution in [2.45, 2.75) is 6.42 Å². The number of aromatic nitrogens is 1. The van der Waals surface area contributed by atoms with Crippen LogP contribution in [0.1, 0.15) is 5.69 Å². The van der Waals surface area contributed by atoms with Crippen molar-refractivity contribution in [2.75, 3.05) is 26.1 Å². The minimum atomic E-state index is -0.453. The molecule has 0 aliphatic carbocycles. The largest absolute Gasteiger partial charge is 0.493 e. The number of benzene rings is 1. The molecule has 7 heteroatoms. The van der Waals surface area contributed by atoms with Gasteiger partial charge in [-0.2, -0.15) is 0 Å². The molecule has 0 spiro atoms. The van der Waals surface area contributed by atoms with Crippen LogP contribution in [0.4, 0.5) is 11.4 Å². The van der Waals surface area contributed by atoms with E-state index in [2.05, 4.69) is 10.3 Å². The predicted octanol–water partition coefficient (Wildman–Crippen LogP) is 2.66. The van der Waals surface area contributed by atoms with Crippen molar-refractivity contribution in [1.29, 1.82) is 0 Å². The number of nitrogens with one attached hydrogen (secondary N) is 1. The van der Waals surface area contributed by atoms with Gasteiger partial charge >= 0.3 is 0 Å². The van der Waals surface area contributed by atoms with E-state index in [1.807, 2.05) is 18.2 Å². The summed E-state index contributed by atoms with van der Waals surface area (Å²) in [6.07, 6.45) is 2.38. The highest BCUT2D eigenvalue weighted by molar-refractivity contribution is 5.68. The molecule has 0 unspecified atom stereocenters. The number of pyridine rings is 1. The summed E-state index contributed by atoms with van der Waals surface area (Å²) in [6, 6.07) is 8.57. The summed E-state index contributed by atoms with van der Waals surface area (Å²) in [4.78, 5) is 14.9. The fourth-order valence-electron chi connectivity index (χ4n) is 2.03. The second-order valence-corrected chi connectivity index (χ2v) is 4.48. The number of rotatable bonds is 7. The van der Waals surface area contributed by atoms with Crippen LogP contribution in [0, 0.1) is 10.1 Å². The van der Waals surface area contributed by atoms with Crippen LogP contribution in [-0.2, 0) is 6.42 Å². The van der Waals surface area contributed by atoms with Gasteiger partial charge < -0.3 is 14.8 Å². The number of ether oxygens (including phenoxy) is 2. The maximum absolute atomic E-state index is 11.2.